The highest BCUT2D eigenvalue weighted by atomic mass is 16.2. The molecule has 1 aliphatic carbocycles. The van der Waals surface area contributed by atoms with Gasteiger partial charge in [0.1, 0.15) is 11.6 Å². The number of hydrogen-bond donors (Lipinski definition) is 1. The van der Waals surface area contributed by atoms with Crippen molar-refractivity contribution in [3.8, 4) is 0 Å². The second kappa shape index (κ2) is 7.25. The van der Waals surface area contributed by atoms with Gasteiger partial charge in [-0.2, -0.15) is 0 Å². The summed E-state index contributed by atoms with van der Waals surface area (Å²) in [5.41, 5.74) is 1.51. The molecule has 0 saturated heterocycles. The van der Waals surface area contributed by atoms with Gasteiger partial charge in [-0.05, 0) is 46.0 Å². The predicted molar refractivity (Wildman–Crippen MR) is 88.8 cm³/mol. The monoisotopic (exact) mass is 317 g/mol. The van der Waals surface area contributed by atoms with Gasteiger partial charge < -0.3 is 9.88 Å². The number of rotatable bonds is 5. The summed E-state index contributed by atoms with van der Waals surface area (Å²) in [6.45, 7) is 7.12. The zero-order valence-electron chi connectivity index (χ0n) is 14.2. The molecule has 23 heavy (non-hydrogen) atoms. The van der Waals surface area contributed by atoms with E-state index in [4.69, 9.17) is 0 Å². The molecule has 1 aromatic rings. The molecule has 6 heteroatoms. The van der Waals surface area contributed by atoms with Crippen LogP contribution >= 0.6 is 0 Å². The Kier molecular flexibility index (Phi) is 5.10. The van der Waals surface area contributed by atoms with E-state index in [0.29, 0.717) is 6.54 Å². The fraction of sp³-hybridized carbons (Fsp3) is 0.706. The van der Waals surface area contributed by atoms with Gasteiger partial charge in [0.15, 0.2) is 0 Å². The number of allylic oxidation sites excluding steroid dienone is 1. The average molecular weight is 317 g/mol. The van der Waals surface area contributed by atoms with Gasteiger partial charge in [0, 0.05) is 19.6 Å². The number of carbonyl (C=O) groups is 1. The number of aromatic nitrogens is 3. The molecular formula is C17H27N5O. The molecule has 3 rings (SSSR count). The molecule has 1 aromatic heterocycles. The summed E-state index contributed by atoms with van der Waals surface area (Å²) >= 11 is 0. The van der Waals surface area contributed by atoms with E-state index in [1.807, 2.05) is 13.8 Å². The van der Waals surface area contributed by atoms with Crippen LogP contribution in [0.5, 0.6) is 0 Å². The molecule has 6 nitrogen and oxygen atoms in total. The Morgan fingerprint density at radius 3 is 3.00 bits per heavy atom. The first-order valence-electron chi connectivity index (χ1n) is 8.73. The molecule has 0 fully saturated rings. The Labute approximate surface area is 138 Å². The van der Waals surface area contributed by atoms with Gasteiger partial charge in [0.05, 0.1) is 12.6 Å². The van der Waals surface area contributed by atoms with Gasteiger partial charge in [0.25, 0.3) is 0 Å². The third-order valence-electron chi connectivity index (χ3n) is 5.03. The third kappa shape index (κ3) is 3.80. The zero-order valence-corrected chi connectivity index (χ0v) is 14.2. The minimum Gasteiger partial charge on any atom is -0.354 e. The molecule has 0 radical (unpaired) electrons. The van der Waals surface area contributed by atoms with E-state index in [-0.39, 0.29) is 11.9 Å². The molecule has 126 valence electrons. The van der Waals surface area contributed by atoms with Gasteiger partial charge in [-0.15, -0.1) is 10.2 Å². The highest BCUT2D eigenvalue weighted by Gasteiger charge is 2.27. The summed E-state index contributed by atoms with van der Waals surface area (Å²) in [4.78, 5) is 14.6. The second-order valence-electron chi connectivity index (χ2n) is 6.61. The van der Waals surface area contributed by atoms with Crippen LogP contribution < -0.4 is 5.32 Å². The Morgan fingerprint density at radius 2 is 2.22 bits per heavy atom. The Bertz CT molecular complexity index is 592. The molecule has 1 N–H and O–H groups in total. The van der Waals surface area contributed by atoms with Crippen molar-refractivity contribution in [1.82, 2.24) is 25.0 Å². The standard InChI is InChI=1S/C17H27N5O/c1-13(17(23)18-9-8-15-6-4-3-5-7-15)21-10-11-22-14(2)19-20-16(22)12-21/h6,13H,3-5,7-12H2,1-2H3,(H,18,23)/t13-/m1/s1. The average Bonchev–Trinajstić information content (AvgIpc) is 2.95. The summed E-state index contributed by atoms with van der Waals surface area (Å²) in [7, 11) is 0. The van der Waals surface area contributed by atoms with E-state index in [0.717, 1.165) is 37.7 Å². The smallest absolute Gasteiger partial charge is 0.237 e. The molecule has 0 spiro atoms. The summed E-state index contributed by atoms with van der Waals surface area (Å²) in [5.74, 6) is 2.03. The van der Waals surface area contributed by atoms with Crippen molar-refractivity contribution < 1.29 is 4.79 Å². The van der Waals surface area contributed by atoms with Crippen molar-refractivity contribution >= 4 is 5.91 Å². The van der Waals surface area contributed by atoms with Crippen molar-refractivity contribution in [1.29, 1.82) is 0 Å². The summed E-state index contributed by atoms with van der Waals surface area (Å²) in [5, 5.41) is 11.4. The third-order valence-corrected chi connectivity index (χ3v) is 5.03. The number of carbonyl (C=O) groups excluding carboxylic acids is 1. The van der Waals surface area contributed by atoms with Gasteiger partial charge >= 0.3 is 0 Å². The van der Waals surface area contributed by atoms with Crippen molar-refractivity contribution in [2.24, 2.45) is 0 Å². The van der Waals surface area contributed by atoms with Crippen molar-refractivity contribution in [2.45, 2.75) is 65.1 Å². The maximum Gasteiger partial charge on any atom is 0.237 e. The molecule has 0 bridgehead atoms. The van der Waals surface area contributed by atoms with Crippen molar-refractivity contribution in [3.05, 3.63) is 23.3 Å². The summed E-state index contributed by atoms with van der Waals surface area (Å²) in [6, 6.07) is -0.124. The lowest BCUT2D eigenvalue weighted by molar-refractivity contribution is -0.126. The molecule has 1 amide bonds. The first-order valence-corrected chi connectivity index (χ1v) is 8.73. The van der Waals surface area contributed by atoms with Crippen LogP contribution in [0.1, 0.15) is 50.7 Å². The van der Waals surface area contributed by atoms with Gasteiger partial charge in [-0.25, -0.2) is 0 Å². The minimum absolute atomic E-state index is 0.117. The van der Waals surface area contributed by atoms with E-state index in [9.17, 15) is 4.79 Å². The lowest BCUT2D eigenvalue weighted by Crippen LogP contribution is -2.48. The number of fused-ring (bicyclic) bond motifs is 1. The maximum atomic E-state index is 12.4. The summed E-state index contributed by atoms with van der Waals surface area (Å²) in [6.07, 6.45) is 8.35. The van der Waals surface area contributed by atoms with Crippen LogP contribution in [0.2, 0.25) is 0 Å². The van der Waals surface area contributed by atoms with E-state index in [2.05, 4.69) is 31.1 Å². The van der Waals surface area contributed by atoms with Gasteiger partial charge in [0.2, 0.25) is 5.91 Å². The number of hydrogen-bond acceptors (Lipinski definition) is 4. The van der Waals surface area contributed by atoms with E-state index >= 15 is 0 Å². The molecule has 0 aromatic carbocycles. The lowest BCUT2D eigenvalue weighted by Gasteiger charge is -2.31. The van der Waals surface area contributed by atoms with E-state index < -0.39 is 0 Å². The number of nitrogens with zero attached hydrogens (tertiary/aromatic N) is 4. The second-order valence-corrected chi connectivity index (χ2v) is 6.61. The van der Waals surface area contributed by atoms with Crippen LogP contribution in [0.25, 0.3) is 0 Å². The topological polar surface area (TPSA) is 63.1 Å². The molecule has 1 atom stereocenters. The largest absolute Gasteiger partial charge is 0.354 e. The Balaban J connectivity index is 1.47. The van der Waals surface area contributed by atoms with E-state index in [1.165, 1.54) is 31.3 Å². The van der Waals surface area contributed by atoms with Crippen LogP contribution in [0.4, 0.5) is 0 Å². The number of aryl methyl sites for hydroxylation is 1. The van der Waals surface area contributed by atoms with Crippen LogP contribution in [-0.4, -0.2) is 44.7 Å². The Hall–Kier alpha value is -1.69. The van der Waals surface area contributed by atoms with Gasteiger partial charge in [-0.1, -0.05) is 11.6 Å². The molecule has 0 saturated carbocycles. The molecule has 1 aliphatic heterocycles. The highest BCUT2D eigenvalue weighted by Crippen LogP contribution is 2.19. The van der Waals surface area contributed by atoms with Crippen LogP contribution in [0.15, 0.2) is 11.6 Å². The number of amides is 1. The van der Waals surface area contributed by atoms with E-state index in [1.54, 1.807) is 0 Å². The quantitative estimate of drug-likeness (QED) is 0.841. The molecule has 2 aliphatic rings. The first-order chi connectivity index (χ1) is 11.1. The highest BCUT2D eigenvalue weighted by molar-refractivity contribution is 5.81. The first kappa shape index (κ1) is 16.2. The van der Waals surface area contributed by atoms with Gasteiger partial charge in [-0.3, -0.25) is 9.69 Å². The summed E-state index contributed by atoms with van der Waals surface area (Å²) < 4.78 is 2.14. The predicted octanol–water partition coefficient (Wildman–Crippen LogP) is 1.80. The fourth-order valence-corrected chi connectivity index (χ4v) is 3.44. The maximum absolute atomic E-state index is 12.4. The Morgan fingerprint density at radius 1 is 1.35 bits per heavy atom. The minimum atomic E-state index is -0.124. The lowest BCUT2D eigenvalue weighted by atomic mass is 9.97. The fourth-order valence-electron chi connectivity index (χ4n) is 3.44. The van der Waals surface area contributed by atoms with Crippen LogP contribution in [0.3, 0.4) is 0 Å². The van der Waals surface area contributed by atoms with Crippen LogP contribution in [0, 0.1) is 6.92 Å². The van der Waals surface area contributed by atoms with Crippen LogP contribution in [-0.2, 0) is 17.9 Å². The van der Waals surface area contributed by atoms with Crippen molar-refractivity contribution in [2.75, 3.05) is 13.1 Å². The zero-order chi connectivity index (χ0) is 16.2. The van der Waals surface area contributed by atoms with Crippen molar-refractivity contribution in [3.63, 3.8) is 0 Å². The number of nitrogens with one attached hydrogen (secondary N) is 1. The molecular weight excluding hydrogens is 290 g/mol. The molecule has 0 unspecified atom stereocenters. The SMILES string of the molecule is Cc1nnc2n1CCN([C@H](C)C(=O)NCCC1=CCCCC1)C2. The molecule has 2 heterocycles. The normalized spacial score (nSPS) is 19.8.